The van der Waals surface area contributed by atoms with Crippen molar-refractivity contribution in [1.29, 1.82) is 0 Å². The molecule has 140 valence electrons. The van der Waals surface area contributed by atoms with Gasteiger partial charge in [-0.05, 0) is 66.8 Å². The van der Waals surface area contributed by atoms with Crippen LogP contribution in [0.25, 0.3) is 11.1 Å². The first kappa shape index (κ1) is 19.7. The van der Waals surface area contributed by atoms with Gasteiger partial charge in [-0.25, -0.2) is 0 Å². The van der Waals surface area contributed by atoms with E-state index in [9.17, 15) is 5.11 Å². The lowest BCUT2D eigenvalue weighted by Gasteiger charge is -2.20. The van der Waals surface area contributed by atoms with Crippen molar-refractivity contribution in [2.45, 2.75) is 32.0 Å². The summed E-state index contributed by atoms with van der Waals surface area (Å²) in [5.74, 6) is 0.715. The normalized spacial score (nSPS) is 13.2. The fourth-order valence-electron chi connectivity index (χ4n) is 2.79. The van der Waals surface area contributed by atoms with Crippen molar-refractivity contribution in [2.75, 3.05) is 0 Å². The molecule has 0 aliphatic carbocycles. The number of halogens is 2. The van der Waals surface area contributed by atoms with Gasteiger partial charge < -0.3 is 9.84 Å². The summed E-state index contributed by atoms with van der Waals surface area (Å²) in [5, 5.41) is 11.4. The van der Waals surface area contributed by atoms with Crippen molar-refractivity contribution in [1.82, 2.24) is 4.98 Å². The molecule has 0 saturated heterocycles. The highest BCUT2D eigenvalue weighted by molar-refractivity contribution is 6.42. The number of benzene rings is 2. The Kier molecular flexibility index (Phi) is 6.73. The summed E-state index contributed by atoms with van der Waals surface area (Å²) in [6.45, 7) is 1.88. The maximum Gasteiger partial charge on any atom is 0.122 e. The Morgan fingerprint density at radius 2 is 1.74 bits per heavy atom. The standard InChI is InChI=1S/C22H21Cl2NO2/c1-15(22(26)11-4-16-3-2-12-25-14-16)27-19-8-5-17(6-9-19)18-7-10-20(23)21(24)13-18/h2-3,5-10,12-15,22,26H,4,11H2,1H3/t15-,22+/m0/s1. The highest BCUT2D eigenvalue weighted by Crippen LogP contribution is 2.29. The summed E-state index contributed by atoms with van der Waals surface area (Å²) >= 11 is 12.1. The maximum atomic E-state index is 10.4. The maximum absolute atomic E-state index is 10.4. The van der Waals surface area contributed by atoms with Crippen LogP contribution in [-0.4, -0.2) is 22.3 Å². The predicted molar refractivity (Wildman–Crippen MR) is 111 cm³/mol. The molecule has 1 N–H and O–H groups in total. The molecule has 3 nitrogen and oxygen atoms in total. The molecule has 0 unspecified atom stereocenters. The number of aromatic nitrogens is 1. The van der Waals surface area contributed by atoms with Crippen molar-refractivity contribution >= 4 is 23.2 Å². The smallest absolute Gasteiger partial charge is 0.122 e. The zero-order valence-corrected chi connectivity index (χ0v) is 16.5. The van der Waals surface area contributed by atoms with Crippen LogP contribution < -0.4 is 4.74 Å². The van der Waals surface area contributed by atoms with E-state index in [4.69, 9.17) is 27.9 Å². The van der Waals surface area contributed by atoms with Crippen LogP contribution in [0.2, 0.25) is 10.0 Å². The van der Waals surface area contributed by atoms with E-state index in [0.29, 0.717) is 22.2 Å². The second-order valence-electron chi connectivity index (χ2n) is 6.44. The minimum absolute atomic E-state index is 0.308. The van der Waals surface area contributed by atoms with Crippen LogP contribution in [0, 0.1) is 0 Å². The molecule has 0 bridgehead atoms. The highest BCUT2D eigenvalue weighted by Gasteiger charge is 2.16. The van der Waals surface area contributed by atoms with Crippen molar-refractivity contribution in [3.8, 4) is 16.9 Å². The van der Waals surface area contributed by atoms with Gasteiger partial charge in [0.2, 0.25) is 0 Å². The number of aliphatic hydroxyl groups is 1. The van der Waals surface area contributed by atoms with E-state index in [-0.39, 0.29) is 6.10 Å². The summed E-state index contributed by atoms with van der Waals surface area (Å²) in [6, 6.07) is 17.2. The third kappa shape index (κ3) is 5.46. The quantitative estimate of drug-likeness (QED) is 0.542. The van der Waals surface area contributed by atoms with Gasteiger partial charge in [0.25, 0.3) is 0 Å². The van der Waals surface area contributed by atoms with E-state index in [1.165, 1.54) is 0 Å². The molecule has 0 radical (unpaired) electrons. The van der Waals surface area contributed by atoms with Gasteiger partial charge in [-0.15, -0.1) is 0 Å². The van der Waals surface area contributed by atoms with Gasteiger partial charge >= 0.3 is 0 Å². The average Bonchev–Trinajstić information content (AvgIpc) is 2.69. The lowest BCUT2D eigenvalue weighted by molar-refractivity contribution is 0.0420. The molecule has 0 saturated carbocycles. The van der Waals surface area contributed by atoms with Gasteiger partial charge in [0, 0.05) is 12.4 Å². The second-order valence-corrected chi connectivity index (χ2v) is 7.26. The average molecular weight is 402 g/mol. The van der Waals surface area contributed by atoms with Crippen LogP contribution >= 0.6 is 23.2 Å². The minimum Gasteiger partial charge on any atom is -0.488 e. The first-order valence-corrected chi connectivity index (χ1v) is 9.57. The number of rotatable bonds is 7. The molecule has 27 heavy (non-hydrogen) atoms. The van der Waals surface area contributed by atoms with Gasteiger partial charge in [0.15, 0.2) is 0 Å². The minimum atomic E-state index is -0.556. The van der Waals surface area contributed by atoms with E-state index in [2.05, 4.69) is 4.98 Å². The Hall–Kier alpha value is -2.07. The molecule has 0 fully saturated rings. The molecule has 2 aromatic carbocycles. The molecule has 1 heterocycles. The summed E-state index contributed by atoms with van der Waals surface area (Å²) in [6.07, 6.45) is 4.08. The van der Waals surface area contributed by atoms with Crippen LogP contribution in [0.3, 0.4) is 0 Å². The van der Waals surface area contributed by atoms with Crippen molar-refractivity contribution in [3.63, 3.8) is 0 Å². The number of aryl methyl sites for hydroxylation is 1. The Morgan fingerprint density at radius 3 is 2.41 bits per heavy atom. The molecule has 0 amide bonds. The van der Waals surface area contributed by atoms with Gasteiger partial charge in [-0.1, -0.05) is 47.5 Å². The molecular weight excluding hydrogens is 381 g/mol. The number of ether oxygens (including phenoxy) is 1. The van der Waals surface area contributed by atoms with Crippen LogP contribution in [0.5, 0.6) is 5.75 Å². The fourth-order valence-corrected chi connectivity index (χ4v) is 3.09. The topological polar surface area (TPSA) is 42.4 Å². The molecule has 0 aliphatic heterocycles. The van der Waals surface area contributed by atoms with E-state index >= 15 is 0 Å². The molecule has 3 rings (SSSR count). The second kappa shape index (κ2) is 9.23. The summed E-state index contributed by atoms with van der Waals surface area (Å²) < 4.78 is 5.89. The number of nitrogens with zero attached hydrogens (tertiary/aromatic N) is 1. The van der Waals surface area contributed by atoms with Gasteiger partial charge in [0.05, 0.1) is 16.1 Å². The number of hydrogen-bond donors (Lipinski definition) is 1. The van der Waals surface area contributed by atoms with Crippen LogP contribution in [-0.2, 0) is 6.42 Å². The van der Waals surface area contributed by atoms with E-state index in [0.717, 1.165) is 23.1 Å². The van der Waals surface area contributed by atoms with E-state index < -0.39 is 6.10 Å². The SMILES string of the molecule is C[C@H](Oc1ccc(-c2ccc(Cl)c(Cl)c2)cc1)[C@H](O)CCc1cccnc1. The Balaban J connectivity index is 1.57. The number of aliphatic hydroxyl groups excluding tert-OH is 1. The Morgan fingerprint density at radius 1 is 1.00 bits per heavy atom. The van der Waals surface area contributed by atoms with Crippen LogP contribution in [0.4, 0.5) is 0 Å². The molecule has 0 aliphatic rings. The molecular formula is C22H21Cl2NO2. The summed E-state index contributed by atoms with van der Waals surface area (Å²) in [7, 11) is 0. The van der Waals surface area contributed by atoms with Crippen molar-refractivity contribution in [3.05, 3.63) is 82.6 Å². The lowest BCUT2D eigenvalue weighted by atomic mass is 10.0. The van der Waals surface area contributed by atoms with Gasteiger partial charge in [-0.3, -0.25) is 4.98 Å². The Labute approximate surface area is 169 Å². The summed E-state index contributed by atoms with van der Waals surface area (Å²) in [5.41, 5.74) is 3.11. The summed E-state index contributed by atoms with van der Waals surface area (Å²) in [4.78, 5) is 4.09. The van der Waals surface area contributed by atoms with Crippen molar-refractivity contribution < 1.29 is 9.84 Å². The van der Waals surface area contributed by atoms with E-state index in [1.807, 2.05) is 61.7 Å². The number of pyridine rings is 1. The zero-order chi connectivity index (χ0) is 19.2. The third-order valence-electron chi connectivity index (χ3n) is 4.42. The molecule has 1 aromatic heterocycles. The molecule has 3 aromatic rings. The van der Waals surface area contributed by atoms with Gasteiger partial charge in [0.1, 0.15) is 11.9 Å². The lowest BCUT2D eigenvalue weighted by Crippen LogP contribution is -2.29. The predicted octanol–water partition coefficient (Wildman–Crippen LogP) is 5.82. The largest absolute Gasteiger partial charge is 0.488 e. The van der Waals surface area contributed by atoms with Gasteiger partial charge in [-0.2, -0.15) is 0 Å². The molecule has 0 spiro atoms. The number of hydrogen-bond acceptors (Lipinski definition) is 3. The van der Waals surface area contributed by atoms with Crippen LogP contribution in [0.15, 0.2) is 67.0 Å². The first-order valence-electron chi connectivity index (χ1n) is 8.82. The third-order valence-corrected chi connectivity index (χ3v) is 5.16. The zero-order valence-electron chi connectivity index (χ0n) is 15.0. The fraction of sp³-hybridized carbons (Fsp3) is 0.227. The van der Waals surface area contributed by atoms with Crippen LogP contribution in [0.1, 0.15) is 18.9 Å². The monoisotopic (exact) mass is 401 g/mol. The molecule has 2 atom stereocenters. The first-order chi connectivity index (χ1) is 13.0. The molecule has 5 heteroatoms. The van der Waals surface area contributed by atoms with Crippen molar-refractivity contribution in [2.24, 2.45) is 0 Å². The van der Waals surface area contributed by atoms with E-state index in [1.54, 1.807) is 12.3 Å². The highest BCUT2D eigenvalue weighted by atomic mass is 35.5. The Bertz CT molecular complexity index is 869.